The summed E-state index contributed by atoms with van der Waals surface area (Å²) < 4.78 is 5.17. The molecule has 10 heteroatoms. The Morgan fingerprint density at radius 3 is 2.89 bits per heavy atom. The molecule has 1 amide bonds. The van der Waals surface area contributed by atoms with Crippen molar-refractivity contribution in [2.75, 3.05) is 11.1 Å². The fourth-order valence-electron chi connectivity index (χ4n) is 2.73. The lowest BCUT2D eigenvalue weighted by Crippen LogP contribution is -2.42. The number of amides is 1. The van der Waals surface area contributed by atoms with Crippen LogP contribution in [0.15, 0.2) is 33.5 Å². The van der Waals surface area contributed by atoms with E-state index in [9.17, 15) is 24.6 Å². The van der Waals surface area contributed by atoms with Gasteiger partial charge in [0.25, 0.3) is 0 Å². The van der Waals surface area contributed by atoms with Gasteiger partial charge in [0.2, 0.25) is 5.91 Å². The summed E-state index contributed by atoms with van der Waals surface area (Å²) in [4.78, 5) is 41.1. The Balaban J connectivity index is 2.05. The normalized spacial score (nSPS) is 21.5. The first-order valence-corrected chi connectivity index (χ1v) is 9.22. The Labute approximate surface area is 157 Å². The maximum atomic E-state index is 12.5. The summed E-state index contributed by atoms with van der Waals surface area (Å²) in [5.41, 5.74) is 2.76. The minimum Gasteiger partial charge on any atom is -0.480 e. The van der Waals surface area contributed by atoms with E-state index in [2.05, 4.69) is 10.8 Å². The highest BCUT2D eigenvalue weighted by molar-refractivity contribution is 8.00. The molecular formula is C17H18N2O7S. The van der Waals surface area contributed by atoms with E-state index in [1.165, 1.54) is 19.1 Å². The van der Waals surface area contributed by atoms with Crippen LogP contribution in [-0.4, -0.2) is 40.2 Å². The Hall–Kier alpha value is -2.40. The average Bonchev–Trinajstić information content (AvgIpc) is 2.58. The molecule has 0 radical (unpaired) electrons. The van der Waals surface area contributed by atoms with Crippen molar-refractivity contribution in [1.82, 2.24) is 5.48 Å². The lowest BCUT2D eigenvalue weighted by molar-refractivity contribution is -0.152. The lowest BCUT2D eigenvalue weighted by atomic mass is 10.1. The Morgan fingerprint density at radius 1 is 1.41 bits per heavy atom. The Bertz CT molecular complexity index is 927. The number of carboxylic acids is 1. The third-order valence-electron chi connectivity index (χ3n) is 3.94. The van der Waals surface area contributed by atoms with Gasteiger partial charge in [-0.1, -0.05) is 0 Å². The highest BCUT2D eigenvalue weighted by Gasteiger charge is 2.27. The van der Waals surface area contributed by atoms with Crippen LogP contribution in [-0.2, 0) is 14.4 Å². The van der Waals surface area contributed by atoms with E-state index >= 15 is 0 Å². The molecule has 4 N–H and O–H groups in total. The average molecular weight is 394 g/mol. The first-order valence-electron chi connectivity index (χ1n) is 8.17. The first kappa shape index (κ1) is 19.4. The molecular weight excluding hydrogens is 376 g/mol. The predicted molar refractivity (Wildman–Crippen MR) is 98.3 cm³/mol. The topological polar surface area (TPSA) is 138 Å². The van der Waals surface area contributed by atoms with Gasteiger partial charge in [-0.05, 0) is 36.8 Å². The second-order valence-corrected chi connectivity index (χ2v) is 7.20. The van der Waals surface area contributed by atoms with E-state index in [0.29, 0.717) is 22.4 Å². The molecule has 1 aromatic heterocycles. The van der Waals surface area contributed by atoms with Crippen molar-refractivity contribution in [2.45, 2.75) is 30.9 Å². The number of benzene rings is 1. The number of rotatable bonds is 4. The molecule has 144 valence electrons. The molecule has 0 saturated carbocycles. The quantitative estimate of drug-likeness (QED) is 0.342. The summed E-state index contributed by atoms with van der Waals surface area (Å²) in [5.74, 6) is -1.23. The molecule has 2 aliphatic heterocycles. The molecule has 2 aliphatic rings. The molecule has 0 saturated heterocycles. The lowest BCUT2D eigenvalue weighted by Gasteiger charge is -2.21. The summed E-state index contributed by atoms with van der Waals surface area (Å²) in [6, 6.07) is 5.04. The zero-order valence-corrected chi connectivity index (χ0v) is 15.1. The van der Waals surface area contributed by atoms with Crippen LogP contribution in [0.25, 0.3) is 11.0 Å². The molecule has 0 aliphatic carbocycles. The SMILES string of the molecule is CC(O)ONC1CCSC(C(=O)O)c2cc(=O)oc3cc(ccc23)NC1=O. The van der Waals surface area contributed by atoms with Gasteiger partial charge < -0.3 is 19.9 Å². The number of hydroxylamine groups is 1. The van der Waals surface area contributed by atoms with Gasteiger partial charge >= 0.3 is 11.6 Å². The van der Waals surface area contributed by atoms with Gasteiger partial charge in [-0.25, -0.2) is 4.79 Å². The fourth-order valence-corrected chi connectivity index (χ4v) is 3.86. The van der Waals surface area contributed by atoms with Gasteiger partial charge in [0.1, 0.15) is 16.9 Å². The number of thioether (sulfide) groups is 1. The van der Waals surface area contributed by atoms with Crippen molar-refractivity contribution in [3.8, 4) is 0 Å². The number of carbonyl (C=O) groups excluding carboxylic acids is 1. The number of fused-ring (bicyclic) bond motifs is 7. The highest BCUT2D eigenvalue weighted by Crippen LogP contribution is 2.35. The summed E-state index contributed by atoms with van der Waals surface area (Å²) >= 11 is 1.09. The molecule has 3 atom stereocenters. The molecule has 9 nitrogen and oxygen atoms in total. The van der Waals surface area contributed by atoms with Crippen LogP contribution in [0.5, 0.6) is 0 Å². The smallest absolute Gasteiger partial charge is 0.336 e. The maximum Gasteiger partial charge on any atom is 0.336 e. The van der Waals surface area contributed by atoms with E-state index in [1.807, 2.05) is 0 Å². The van der Waals surface area contributed by atoms with Gasteiger partial charge in [-0.3, -0.25) is 14.4 Å². The van der Waals surface area contributed by atoms with Crippen LogP contribution in [0.4, 0.5) is 5.69 Å². The third kappa shape index (κ3) is 4.48. The highest BCUT2D eigenvalue weighted by atomic mass is 32.2. The molecule has 3 heterocycles. The van der Waals surface area contributed by atoms with E-state index in [4.69, 9.17) is 9.25 Å². The summed E-state index contributed by atoms with van der Waals surface area (Å²) in [5, 5.41) is 21.1. The number of nitrogens with one attached hydrogen (secondary N) is 2. The minimum absolute atomic E-state index is 0.187. The third-order valence-corrected chi connectivity index (χ3v) is 5.20. The van der Waals surface area contributed by atoms with Gasteiger partial charge in [0.15, 0.2) is 6.29 Å². The summed E-state index contributed by atoms with van der Waals surface area (Å²) in [6.07, 6.45) is -0.878. The second-order valence-electron chi connectivity index (χ2n) is 5.99. The molecule has 0 spiro atoms. The van der Waals surface area contributed by atoms with E-state index < -0.39 is 35.1 Å². The van der Waals surface area contributed by atoms with Crippen LogP contribution in [0.1, 0.15) is 24.2 Å². The van der Waals surface area contributed by atoms with Crippen LogP contribution in [0.2, 0.25) is 0 Å². The number of aliphatic hydroxyl groups is 1. The molecule has 2 aromatic rings. The van der Waals surface area contributed by atoms with Crippen molar-refractivity contribution in [1.29, 1.82) is 0 Å². The van der Waals surface area contributed by atoms with Crippen molar-refractivity contribution in [3.05, 3.63) is 40.2 Å². The van der Waals surface area contributed by atoms with Crippen LogP contribution < -0.4 is 16.4 Å². The van der Waals surface area contributed by atoms with Gasteiger partial charge in [-0.15, -0.1) is 11.8 Å². The second kappa shape index (κ2) is 8.09. The summed E-state index contributed by atoms with van der Waals surface area (Å²) in [7, 11) is 0. The van der Waals surface area contributed by atoms with Crippen LogP contribution in [0, 0.1) is 0 Å². The maximum absolute atomic E-state index is 12.5. The fraction of sp³-hybridized carbons (Fsp3) is 0.353. The van der Waals surface area contributed by atoms with Crippen LogP contribution >= 0.6 is 11.8 Å². The minimum atomic E-state index is -1.12. The van der Waals surface area contributed by atoms with Crippen molar-refractivity contribution in [2.24, 2.45) is 0 Å². The number of aliphatic carboxylic acids is 1. The Morgan fingerprint density at radius 2 is 2.19 bits per heavy atom. The van der Waals surface area contributed by atoms with E-state index in [0.717, 1.165) is 11.8 Å². The number of carboxylic acid groups (broad SMARTS) is 1. The van der Waals surface area contributed by atoms with Crippen LogP contribution in [0.3, 0.4) is 0 Å². The molecule has 3 unspecified atom stereocenters. The zero-order valence-electron chi connectivity index (χ0n) is 14.3. The Kier molecular flexibility index (Phi) is 5.80. The van der Waals surface area contributed by atoms with Gasteiger partial charge in [0, 0.05) is 23.2 Å². The molecule has 27 heavy (non-hydrogen) atoms. The first-order chi connectivity index (χ1) is 12.8. The number of hydrogen-bond donors (Lipinski definition) is 4. The largest absolute Gasteiger partial charge is 0.480 e. The van der Waals surface area contributed by atoms with Gasteiger partial charge in [-0.2, -0.15) is 5.48 Å². The number of carbonyl (C=O) groups is 2. The van der Waals surface area contributed by atoms with E-state index in [-0.39, 0.29) is 12.0 Å². The van der Waals surface area contributed by atoms with Gasteiger partial charge in [0.05, 0.1) is 0 Å². The number of hydrogen-bond acceptors (Lipinski definition) is 8. The molecule has 4 rings (SSSR count). The van der Waals surface area contributed by atoms with Crippen molar-refractivity contribution in [3.63, 3.8) is 0 Å². The predicted octanol–water partition coefficient (Wildman–Crippen LogP) is 1.22. The zero-order chi connectivity index (χ0) is 19.6. The summed E-state index contributed by atoms with van der Waals surface area (Å²) in [6.45, 7) is 1.39. The van der Waals surface area contributed by atoms with E-state index in [1.54, 1.807) is 12.1 Å². The van der Waals surface area contributed by atoms with Crippen molar-refractivity contribution < 1.29 is 29.1 Å². The standard InChI is InChI=1S/C17H18N2O7S/c1-8(20)26-19-12-4-5-27-15(17(23)24)11-7-14(21)25-13-6-9(18-16(12)22)2-3-10(11)13/h2-3,6-8,12,15,19-20H,4-5H2,1H3,(H,18,22)(H,23,24). The number of aliphatic hydroxyl groups excluding tert-OH is 1. The monoisotopic (exact) mass is 394 g/mol. The van der Waals surface area contributed by atoms with Crippen molar-refractivity contribution >= 4 is 40.3 Å². The molecule has 0 fully saturated rings. The number of anilines is 1. The molecule has 1 aromatic carbocycles. The molecule has 4 bridgehead atoms.